The van der Waals surface area contributed by atoms with E-state index in [1.807, 2.05) is 12.1 Å². The Kier molecular flexibility index (Phi) is 7.02. The van der Waals surface area contributed by atoms with Crippen LogP contribution in [0.5, 0.6) is 0 Å². The Morgan fingerprint density at radius 1 is 1.38 bits per heavy atom. The molecule has 0 bridgehead atoms. The second-order valence-corrected chi connectivity index (χ2v) is 6.07. The molecule has 1 amide bonds. The average molecular weight is 371 g/mol. The molecule has 1 aliphatic heterocycles. The molecule has 0 aliphatic carbocycles. The second-order valence-electron chi connectivity index (χ2n) is 5.63. The number of amides is 1. The largest absolute Gasteiger partial charge is 0.352 e. The lowest BCUT2D eigenvalue weighted by atomic mass is 10.1. The van der Waals surface area contributed by atoms with Crippen molar-refractivity contribution in [3.8, 4) is 11.4 Å². The van der Waals surface area contributed by atoms with E-state index in [4.69, 9.17) is 16.1 Å². The summed E-state index contributed by atoms with van der Waals surface area (Å²) in [6.07, 6.45) is 2.91. The Labute approximate surface area is 151 Å². The van der Waals surface area contributed by atoms with Crippen LogP contribution in [-0.4, -0.2) is 35.2 Å². The number of aromatic nitrogens is 2. The van der Waals surface area contributed by atoms with E-state index in [-0.39, 0.29) is 24.4 Å². The van der Waals surface area contributed by atoms with Crippen LogP contribution in [0.25, 0.3) is 11.4 Å². The summed E-state index contributed by atoms with van der Waals surface area (Å²) in [6.45, 7) is 1.87. The van der Waals surface area contributed by atoms with Gasteiger partial charge in [0.1, 0.15) is 0 Å². The highest BCUT2D eigenvalue weighted by Crippen LogP contribution is 2.19. The molecule has 6 nitrogen and oxygen atoms in total. The van der Waals surface area contributed by atoms with Gasteiger partial charge in [0, 0.05) is 36.0 Å². The van der Waals surface area contributed by atoms with Gasteiger partial charge in [0.15, 0.2) is 0 Å². The lowest BCUT2D eigenvalue weighted by Crippen LogP contribution is -2.45. The van der Waals surface area contributed by atoms with Crippen LogP contribution in [0.15, 0.2) is 28.8 Å². The predicted molar refractivity (Wildman–Crippen MR) is 94.3 cm³/mol. The Balaban J connectivity index is 0.00000208. The molecule has 1 atom stereocenters. The molecule has 1 aromatic carbocycles. The Bertz CT molecular complexity index is 654. The monoisotopic (exact) mass is 370 g/mol. The highest BCUT2D eigenvalue weighted by atomic mass is 35.5. The lowest BCUT2D eigenvalue weighted by molar-refractivity contribution is -0.121. The van der Waals surface area contributed by atoms with Crippen molar-refractivity contribution in [3.63, 3.8) is 0 Å². The lowest BCUT2D eigenvalue weighted by Gasteiger charge is -2.23. The highest BCUT2D eigenvalue weighted by molar-refractivity contribution is 6.30. The van der Waals surface area contributed by atoms with Crippen LogP contribution in [0.4, 0.5) is 0 Å². The summed E-state index contributed by atoms with van der Waals surface area (Å²) in [5, 5.41) is 10.9. The number of halogens is 2. The van der Waals surface area contributed by atoms with E-state index in [0.29, 0.717) is 29.6 Å². The van der Waals surface area contributed by atoms with Gasteiger partial charge in [-0.05, 0) is 43.7 Å². The molecule has 2 aromatic rings. The number of carbonyl (C=O) groups is 1. The quantitative estimate of drug-likeness (QED) is 0.845. The fourth-order valence-electron chi connectivity index (χ4n) is 2.57. The van der Waals surface area contributed by atoms with Gasteiger partial charge in [-0.15, -0.1) is 12.4 Å². The minimum Gasteiger partial charge on any atom is -0.352 e. The maximum atomic E-state index is 12.0. The number of benzene rings is 1. The van der Waals surface area contributed by atoms with Crippen LogP contribution in [0.3, 0.4) is 0 Å². The first-order valence-corrected chi connectivity index (χ1v) is 8.17. The zero-order valence-electron chi connectivity index (χ0n) is 13.1. The number of carbonyl (C=O) groups excluding carboxylic acids is 1. The fourth-order valence-corrected chi connectivity index (χ4v) is 2.69. The zero-order valence-corrected chi connectivity index (χ0v) is 14.7. The number of piperidine rings is 1. The van der Waals surface area contributed by atoms with Crippen molar-refractivity contribution in [2.24, 2.45) is 0 Å². The van der Waals surface area contributed by atoms with Crippen LogP contribution >= 0.6 is 24.0 Å². The molecule has 1 aliphatic rings. The van der Waals surface area contributed by atoms with Crippen LogP contribution in [0.2, 0.25) is 5.02 Å². The van der Waals surface area contributed by atoms with Crippen molar-refractivity contribution in [1.29, 1.82) is 0 Å². The van der Waals surface area contributed by atoms with Gasteiger partial charge < -0.3 is 15.2 Å². The van der Waals surface area contributed by atoms with E-state index in [1.165, 1.54) is 0 Å². The highest BCUT2D eigenvalue weighted by Gasteiger charge is 2.16. The van der Waals surface area contributed by atoms with E-state index in [0.717, 1.165) is 31.5 Å². The third kappa shape index (κ3) is 5.19. The summed E-state index contributed by atoms with van der Waals surface area (Å²) in [7, 11) is 0. The third-order valence-electron chi connectivity index (χ3n) is 3.80. The first kappa shape index (κ1) is 18.7. The van der Waals surface area contributed by atoms with Crippen LogP contribution in [0.1, 0.15) is 25.2 Å². The molecule has 2 heterocycles. The summed E-state index contributed by atoms with van der Waals surface area (Å²) in [5.74, 6) is 0.991. The summed E-state index contributed by atoms with van der Waals surface area (Å²) >= 11 is 5.86. The van der Waals surface area contributed by atoms with Gasteiger partial charge in [0.2, 0.25) is 17.6 Å². The van der Waals surface area contributed by atoms with Gasteiger partial charge in [-0.2, -0.15) is 4.98 Å². The number of nitrogens with zero attached hydrogens (tertiary/aromatic N) is 2. The normalized spacial score (nSPS) is 17.1. The van der Waals surface area contributed by atoms with Crippen LogP contribution in [-0.2, 0) is 11.2 Å². The van der Waals surface area contributed by atoms with Gasteiger partial charge in [0.05, 0.1) is 0 Å². The first-order chi connectivity index (χ1) is 11.2. The first-order valence-electron chi connectivity index (χ1n) is 7.79. The number of nitrogens with one attached hydrogen (secondary N) is 2. The molecule has 1 aromatic heterocycles. The van der Waals surface area contributed by atoms with Gasteiger partial charge in [0.25, 0.3) is 0 Å². The summed E-state index contributed by atoms with van der Waals surface area (Å²) in [5.41, 5.74) is 0.835. The van der Waals surface area contributed by atoms with Gasteiger partial charge >= 0.3 is 0 Å². The minimum atomic E-state index is 0. The summed E-state index contributed by atoms with van der Waals surface area (Å²) < 4.78 is 5.20. The Morgan fingerprint density at radius 3 is 2.88 bits per heavy atom. The summed E-state index contributed by atoms with van der Waals surface area (Å²) in [4.78, 5) is 16.3. The van der Waals surface area contributed by atoms with E-state index < -0.39 is 0 Å². The SMILES string of the molecule is Cl.O=C(CCc1nc(-c2ccc(Cl)cc2)no1)NC1CCCNC1. The Hall–Kier alpha value is -1.63. The third-order valence-corrected chi connectivity index (χ3v) is 4.05. The summed E-state index contributed by atoms with van der Waals surface area (Å²) in [6, 6.07) is 7.44. The predicted octanol–water partition coefficient (Wildman–Crippen LogP) is 2.61. The molecule has 0 radical (unpaired) electrons. The van der Waals surface area contributed by atoms with E-state index in [9.17, 15) is 4.79 Å². The molecule has 24 heavy (non-hydrogen) atoms. The minimum absolute atomic E-state index is 0. The topological polar surface area (TPSA) is 80.0 Å². The van der Waals surface area contributed by atoms with Gasteiger partial charge in [-0.1, -0.05) is 16.8 Å². The smallest absolute Gasteiger partial charge is 0.227 e. The molecule has 130 valence electrons. The number of hydrogen-bond donors (Lipinski definition) is 2. The number of hydrogen-bond acceptors (Lipinski definition) is 5. The van der Waals surface area contributed by atoms with Gasteiger partial charge in [-0.3, -0.25) is 4.79 Å². The van der Waals surface area contributed by atoms with Crippen molar-refractivity contribution in [3.05, 3.63) is 35.2 Å². The van der Waals surface area contributed by atoms with Crippen molar-refractivity contribution < 1.29 is 9.32 Å². The van der Waals surface area contributed by atoms with E-state index >= 15 is 0 Å². The van der Waals surface area contributed by atoms with E-state index in [2.05, 4.69) is 20.8 Å². The molecule has 0 spiro atoms. The fraction of sp³-hybridized carbons (Fsp3) is 0.438. The maximum Gasteiger partial charge on any atom is 0.227 e. The Morgan fingerprint density at radius 2 is 2.17 bits per heavy atom. The van der Waals surface area contributed by atoms with Gasteiger partial charge in [-0.25, -0.2) is 0 Å². The molecule has 1 fully saturated rings. The van der Waals surface area contributed by atoms with Crippen molar-refractivity contribution in [1.82, 2.24) is 20.8 Å². The van der Waals surface area contributed by atoms with Crippen molar-refractivity contribution >= 4 is 29.9 Å². The molecule has 3 rings (SSSR count). The molecule has 8 heteroatoms. The molecule has 1 unspecified atom stereocenters. The molecule has 0 saturated carbocycles. The number of rotatable bonds is 5. The zero-order chi connectivity index (χ0) is 16.1. The van der Waals surface area contributed by atoms with Crippen molar-refractivity contribution in [2.75, 3.05) is 13.1 Å². The molecular formula is C16H20Cl2N4O2. The number of aryl methyl sites for hydroxylation is 1. The molecular weight excluding hydrogens is 351 g/mol. The van der Waals surface area contributed by atoms with E-state index in [1.54, 1.807) is 12.1 Å². The van der Waals surface area contributed by atoms with Crippen LogP contribution in [0, 0.1) is 0 Å². The second kappa shape index (κ2) is 9.01. The standard InChI is InChI=1S/C16H19ClN4O2.ClH/c17-12-5-3-11(4-6-12)16-20-15(23-21-16)8-7-14(22)19-13-2-1-9-18-10-13;/h3-6,13,18H,1-2,7-10H2,(H,19,22);1H. The maximum absolute atomic E-state index is 12.0. The average Bonchev–Trinajstić information content (AvgIpc) is 3.04. The van der Waals surface area contributed by atoms with Crippen molar-refractivity contribution in [2.45, 2.75) is 31.7 Å². The molecule has 2 N–H and O–H groups in total. The molecule has 1 saturated heterocycles. The van der Waals surface area contributed by atoms with Crippen LogP contribution < -0.4 is 10.6 Å².